The molecule has 1 saturated heterocycles. The van der Waals surface area contributed by atoms with Crippen molar-refractivity contribution in [3.63, 3.8) is 0 Å². The number of carbonyl (C=O) groups is 2. The molecule has 0 aliphatic carbocycles. The number of halogens is 1. The Kier molecular flexibility index (Phi) is 6.64. The maximum absolute atomic E-state index is 15.6. The third kappa shape index (κ3) is 5.91. The number of hydrogen-bond donors (Lipinski definition) is 2. The van der Waals surface area contributed by atoms with Crippen LogP contribution in [0.3, 0.4) is 0 Å². The Labute approximate surface area is 226 Å². The van der Waals surface area contributed by atoms with Gasteiger partial charge in [-0.1, -0.05) is 0 Å². The van der Waals surface area contributed by atoms with Crippen molar-refractivity contribution in [2.24, 2.45) is 0 Å². The van der Waals surface area contributed by atoms with E-state index >= 15 is 4.39 Å². The summed E-state index contributed by atoms with van der Waals surface area (Å²) in [4.78, 5) is 31.7. The first-order chi connectivity index (χ1) is 18.3. The average Bonchev–Trinajstić information content (AvgIpc) is 3.41. The summed E-state index contributed by atoms with van der Waals surface area (Å²) in [6.45, 7) is 10.0. The van der Waals surface area contributed by atoms with Gasteiger partial charge in [0.15, 0.2) is 5.65 Å². The van der Waals surface area contributed by atoms with E-state index in [-0.39, 0.29) is 30.9 Å². The van der Waals surface area contributed by atoms with Gasteiger partial charge in [0, 0.05) is 56.4 Å². The number of anilines is 2. The first kappa shape index (κ1) is 26.7. The van der Waals surface area contributed by atoms with Gasteiger partial charge in [0.2, 0.25) is 0 Å². The lowest BCUT2D eigenvalue weighted by atomic mass is 9.92. The maximum atomic E-state index is 15.6. The number of alkyl carbamates (subject to hydrolysis) is 1. The summed E-state index contributed by atoms with van der Waals surface area (Å²) in [5.41, 5.74) is 0.609. The SMILES string of the molecule is CC(C)(C)OC(=O)NCC1(F)CCN(c2cc3c(cc2NC(=O)c2cnn4cccnc24)CC(C)(C)O3)CC1. The molecular weight excluding hydrogens is 503 g/mol. The van der Waals surface area contributed by atoms with E-state index in [1.54, 1.807) is 43.7 Å². The lowest BCUT2D eigenvalue weighted by molar-refractivity contribution is 0.0453. The summed E-state index contributed by atoms with van der Waals surface area (Å²) in [7, 11) is 0. The molecule has 11 heteroatoms. The van der Waals surface area contributed by atoms with Gasteiger partial charge in [0.1, 0.15) is 28.2 Å². The normalized spacial score (nSPS) is 17.8. The number of nitrogens with one attached hydrogen (secondary N) is 2. The molecule has 208 valence electrons. The number of benzene rings is 1. The molecule has 0 bridgehead atoms. The molecule has 4 heterocycles. The Bertz CT molecular complexity index is 1400. The van der Waals surface area contributed by atoms with Crippen molar-refractivity contribution in [3.8, 4) is 5.75 Å². The number of piperidine rings is 1. The van der Waals surface area contributed by atoms with Crippen LogP contribution in [0, 0.1) is 0 Å². The van der Waals surface area contributed by atoms with Crippen molar-refractivity contribution in [1.82, 2.24) is 19.9 Å². The van der Waals surface area contributed by atoms with E-state index in [0.717, 1.165) is 17.0 Å². The molecule has 2 aliphatic heterocycles. The van der Waals surface area contributed by atoms with Crippen molar-refractivity contribution < 1.29 is 23.5 Å². The van der Waals surface area contributed by atoms with Gasteiger partial charge in [-0.25, -0.2) is 18.7 Å². The van der Waals surface area contributed by atoms with Crippen LogP contribution in [0.1, 0.15) is 63.4 Å². The largest absolute Gasteiger partial charge is 0.487 e. The minimum Gasteiger partial charge on any atom is -0.487 e. The van der Waals surface area contributed by atoms with Crippen molar-refractivity contribution in [3.05, 3.63) is 47.9 Å². The first-order valence-electron chi connectivity index (χ1n) is 13.2. The second kappa shape index (κ2) is 9.69. The number of ether oxygens (including phenoxy) is 2. The van der Waals surface area contributed by atoms with Gasteiger partial charge < -0.3 is 25.0 Å². The highest BCUT2D eigenvalue weighted by atomic mass is 19.1. The van der Waals surface area contributed by atoms with Gasteiger partial charge in [-0.05, 0) is 46.8 Å². The number of hydrogen-bond acceptors (Lipinski definition) is 7. The highest BCUT2D eigenvalue weighted by molar-refractivity contribution is 6.09. The summed E-state index contributed by atoms with van der Waals surface area (Å²) < 4.78 is 28.6. The number of fused-ring (bicyclic) bond motifs is 2. The number of rotatable bonds is 5. The fourth-order valence-corrected chi connectivity index (χ4v) is 5.05. The van der Waals surface area contributed by atoms with E-state index in [1.165, 1.54) is 6.20 Å². The molecule has 39 heavy (non-hydrogen) atoms. The van der Waals surface area contributed by atoms with Gasteiger partial charge in [-0.2, -0.15) is 5.10 Å². The van der Waals surface area contributed by atoms with Crippen LogP contribution in [0.25, 0.3) is 5.65 Å². The van der Waals surface area contributed by atoms with Crippen molar-refractivity contribution in [2.75, 3.05) is 29.9 Å². The Morgan fingerprint density at radius 2 is 1.95 bits per heavy atom. The molecular formula is C28H35FN6O4. The molecule has 3 aromatic rings. The molecule has 0 spiro atoms. The zero-order chi connectivity index (χ0) is 28.0. The summed E-state index contributed by atoms with van der Waals surface area (Å²) in [5.74, 6) is 0.427. The van der Waals surface area contributed by atoms with Gasteiger partial charge >= 0.3 is 6.09 Å². The molecule has 1 aromatic carbocycles. The Balaban J connectivity index is 1.34. The van der Waals surface area contributed by atoms with Crippen LogP contribution in [0.15, 0.2) is 36.8 Å². The Morgan fingerprint density at radius 1 is 1.21 bits per heavy atom. The molecule has 2 amide bonds. The Hall–Kier alpha value is -3.89. The third-order valence-electron chi connectivity index (χ3n) is 6.90. The molecule has 2 aliphatic rings. The second-order valence-corrected chi connectivity index (χ2v) is 11.9. The molecule has 0 radical (unpaired) electrons. The first-order valence-corrected chi connectivity index (χ1v) is 13.2. The van der Waals surface area contributed by atoms with E-state index in [1.807, 2.05) is 30.9 Å². The van der Waals surface area contributed by atoms with Crippen LogP contribution < -0.4 is 20.3 Å². The molecule has 0 atom stereocenters. The van der Waals surface area contributed by atoms with E-state index in [2.05, 4.69) is 20.7 Å². The monoisotopic (exact) mass is 538 g/mol. The van der Waals surface area contributed by atoms with Gasteiger partial charge in [0.05, 0.1) is 24.1 Å². The maximum Gasteiger partial charge on any atom is 0.407 e. The summed E-state index contributed by atoms with van der Waals surface area (Å²) in [6.07, 6.45) is 5.32. The second-order valence-electron chi connectivity index (χ2n) is 11.9. The standard InChI is InChI=1S/C28H35FN6O4/c1-26(2,3)39-25(37)31-17-28(29)7-11-34(12-8-28)21-14-22-18(15-27(4,5)38-22)13-20(21)33-24(36)19-16-32-35-10-6-9-30-23(19)35/h6,9-10,13-14,16H,7-8,11-12,15,17H2,1-5H3,(H,31,37)(H,33,36). The fourth-order valence-electron chi connectivity index (χ4n) is 5.05. The molecule has 0 unspecified atom stereocenters. The van der Waals surface area contributed by atoms with Crippen LogP contribution in [0.2, 0.25) is 0 Å². The van der Waals surface area contributed by atoms with Crippen molar-refractivity contribution in [1.29, 1.82) is 0 Å². The highest BCUT2D eigenvalue weighted by Gasteiger charge is 2.37. The number of amides is 2. The van der Waals surface area contributed by atoms with Crippen molar-refractivity contribution >= 4 is 29.0 Å². The summed E-state index contributed by atoms with van der Waals surface area (Å²) in [6, 6.07) is 5.61. The van der Waals surface area contributed by atoms with Gasteiger partial charge in [0.25, 0.3) is 5.91 Å². The fraction of sp³-hybridized carbons (Fsp3) is 0.500. The zero-order valence-corrected chi connectivity index (χ0v) is 23.0. The number of alkyl halides is 1. The zero-order valence-electron chi connectivity index (χ0n) is 23.0. The predicted octanol–water partition coefficient (Wildman–Crippen LogP) is 4.53. The van der Waals surface area contributed by atoms with E-state index < -0.39 is 17.4 Å². The Morgan fingerprint density at radius 3 is 2.67 bits per heavy atom. The number of carbonyl (C=O) groups excluding carboxylic acids is 2. The number of nitrogens with zero attached hydrogens (tertiary/aromatic N) is 4. The summed E-state index contributed by atoms with van der Waals surface area (Å²) >= 11 is 0. The predicted molar refractivity (Wildman–Crippen MR) is 145 cm³/mol. The molecule has 1 fully saturated rings. The smallest absolute Gasteiger partial charge is 0.407 e. The van der Waals surface area contributed by atoms with Gasteiger partial charge in [-0.3, -0.25) is 4.79 Å². The van der Waals surface area contributed by atoms with E-state index in [9.17, 15) is 9.59 Å². The lowest BCUT2D eigenvalue weighted by Gasteiger charge is -2.38. The molecule has 2 N–H and O–H groups in total. The van der Waals surface area contributed by atoms with Gasteiger partial charge in [-0.15, -0.1) is 0 Å². The van der Waals surface area contributed by atoms with Crippen LogP contribution in [0.5, 0.6) is 5.75 Å². The van der Waals surface area contributed by atoms with Crippen LogP contribution in [-0.4, -0.2) is 63.1 Å². The molecule has 0 saturated carbocycles. The highest BCUT2D eigenvalue weighted by Crippen LogP contribution is 2.43. The minimum absolute atomic E-state index is 0.122. The van der Waals surface area contributed by atoms with E-state index in [0.29, 0.717) is 36.4 Å². The minimum atomic E-state index is -1.56. The third-order valence-corrected chi connectivity index (χ3v) is 6.90. The lowest BCUT2D eigenvalue weighted by Crippen LogP contribution is -2.49. The topological polar surface area (TPSA) is 110 Å². The van der Waals surface area contributed by atoms with E-state index in [4.69, 9.17) is 9.47 Å². The quantitative estimate of drug-likeness (QED) is 0.491. The number of aromatic nitrogens is 3. The van der Waals surface area contributed by atoms with Crippen LogP contribution in [0.4, 0.5) is 20.6 Å². The summed E-state index contributed by atoms with van der Waals surface area (Å²) in [5, 5.41) is 9.83. The molecule has 10 nitrogen and oxygen atoms in total. The van der Waals surface area contributed by atoms with Crippen molar-refractivity contribution in [2.45, 2.75) is 70.8 Å². The van der Waals surface area contributed by atoms with Crippen LogP contribution >= 0.6 is 0 Å². The average molecular weight is 539 g/mol. The molecule has 2 aromatic heterocycles. The molecule has 5 rings (SSSR count). The van der Waals surface area contributed by atoms with Crippen LogP contribution in [-0.2, 0) is 11.2 Å².